The molecule has 1 radical (unpaired) electrons. The van der Waals surface area contributed by atoms with Crippen molar-refractivity contribution in [2.45, 2.75) is 153 Å². The van der Waals surface area contributed by atoms with Gasteiger partial charge in [0.2, 0.25) is 0 Å². The fourth-order valence-corrected chi connectivity index (χ4v) is 9.37. The summed E-state index contributed by atoms with van der Waals surface area (Å²) in [5.74, 6) is -17.9. The molecule has 4 fully saturated rings. The van der Waals surface area contributed by atoms with Gasteiger partial charge in [-0.25, -0.2) is 27.2 Å². The van der Waals surface area contributed by atoms with Gasteiger partial charge in [0.25, 0.3) is 0 Å². The van der Waals surface area contributed by atoms with Crippen molar-refractivity contribution in [3.05, 3.63) is 119 Å². The maximum atomic E-state index is 13.4. The Morgan fingerprint density at radius 1 is 0.612 bits per heavy atom. The molecule has 8 rings (SSSR count). The van der Waals surface area contributed by atoms with E-state index in [1.54, 1.807) is 36.4 Å². The van der Waals surface area contributed by atoms with E-state index in [4.69, 9.17) is 29.4 Å². The molecular weight excluding hydrogens is 1150 g/mol. The van der Waals surface area contributed by atoms with Crippen molar-refractivity contribution in [1.82, 2.24) is 9.80 Å². The second kappa shape index (κ2) is 36.0. The summed E-state index contributed by atoms with van der Waals surface area (Å²) < 4.78 is 134. The van der Waals surface area contributed by atoms with Crippen LogP contribution in [0.4, 0.5) is 46.5 Å². The van der Waals surface area contributed by atoms with Crippen molar-refractivity contribution in [1.29, 1.82) is 0 Å². The molecule has 5 N–H and O–H groups in total. The van der Waals surface area contributed by atoms with Crippen LogP contribution in [0.3, 0.4) is 0 Å². The number of hydrogen-bond acceptors (Lipinski definition) is 16. The van der Waals surface area contributed by atoms with Crippen LogP contribution in [-0.4, -0.2) is 140 Å². The first kappa shape index (κ1) is 76.7. The number of ether oxygens (including phenoxy) is 5. The number of methoxy groups -OCH3 is 2. The number of esters is 4. The Morgan fingerprint density at radius 2 is 0.941 bits per heavy atom. The third kappa shape index (κ3) is 24.9. The van der Waals surface area contributed by atoms with Gasteiger partial charge >= 0.3 is 89.5 Å². The third-order valence-corrected chi connectivity index (χ3v) is 13.6. The van der Waals surface area contributed by atoms with Crippen molar-refractivity contribution < 1.29 is 127 Å². The molecule has 0 aromatic heterocycles. The van der Waals surface area contributed by atoms with Gasteiger partial charge in [-0.05, 0) is 122 Å². The number of anilines is 2. The number of piperidine rings is 2. The molecule has 17 nitrogen and oxygen atoms in total. The number of alkyl halides is 8. The minimum atomic E-state index is -4.24. The number of halogens is 8. The molecule has 85 heavy (non-hydrogen) atoms. The second-order valence-electron chi connectivity index (χ2n) is 19.9. The van der Waals surface area contributed by atoms with Gasteiger partial charge in [0.15, 0.2) is 13.2 Å². The summed E-state index contributed by atoms with van der Waals surface area (Å²) in [6.45, 7) is 2.96. The zero-order valence-corrected chi connectivity index (χ0v) is 50.6. The van der Waals surface area contributed by atoms with Gasteiger partial charge < -0.3 is 45.0 Å². The van der Waals surface area contributed by atoms with Gasteiger partial charge in [-0.3, -0.25) is 30.5 Å². The largest absolute Gasteiger partial charge is 1.00 e. The molecule has 0 saturated carbocycles. The Labute approximate surface area is 512 Å². The van der Waals surface area contributed by atoms with Crippen LogP contribution in [0.25, 0.3) is 0 Å². The number of nitrogen functional groups attached to an aromatic ring is 1. The van der Waals surface area contributed by atoms with Crippen LogP contribution in [0.15, 0.2) is 97.1 Å². The Morgan fingerprint density at radius 3 is 1.26 bits per heavy atom. The van der Waals surface area contributed by atoms with Gasteiger partial charge in [-0.15, -0.1) is 0 Å². The molecule has 27 heteroatoms. The summed E-state index contributed by atoms with van der Waals surface area (Å²) in [5.41, 5.74) is 10.1. The van der Waals surface area contributed by atoms with Crippen LogP contribution in [0.1, 0.15) is 118 Å². The van der Waals surface area contributed by atoms with Crippen molar-refractivity contribution in [3.8, 4) is 11.5 Å². The SMILES string of the molecule is CC(=O)OC(C)=O.CC(F)(F)C(F)(F)COc1ccc(N)cc1.COC(=O)c1ccc(CN2C3CCC2CC(=O)C3)cc1.COC(=O)c1ccc(CN2C3CCC2CC(Nc2ccc(OCC(F)(F)C(C)(F)F)cc2)C3)cc1.C[C-]=O.O.[B]=O.[Na+]. The van der Waals surface area contributed by atoms with Crippen LogP contribution in [0, 0.1) is 0 Å². The van der Waals surface area contributed by atoms with E-state index in [0.29, 0.717) is 59.6 Å². The van der Waals surface area contributed by atoms with E-state index < -0.39 is 48.8 Å². The first-order valence-corrected chi connectivity index (χ1v) is 26.1. The topological polar surface area (TPSA) is 242 Å². The standard InChI is InChI=1S/C26H30F4N2O3.C16H19NO3.C10H11F4NO.C4H6O3.C2H3O.BO.Na.H2O/c1-25(27,28)26(29,30)16-35-23-11-7-19(8-12-23)31-20-13-21-9-10-22(14-20)32(21)15-17-3-5-18(6-4-17)24(33)34-2;1-20-16(19)12-4-2-11(3-5-12)10-17-13-6-7-14(17)9-15(18)8-13;1-9(11,12)10(13,14)6-16-8-4-2-7(15)3-5-8;1-3(5)7-4(2)6;1-2-3;1-2;;/h3-8,11-12,20-22,31H,9-10,13-16H2,1-2H3;2-5,13-14H,6-10H2,1H3;2-5H,6,15H2,1H3;1-2H3;1H3;;;1H2/q;;;;-1;;+1;. The van der Waals surface area contributed by atoms with Gasteiger partial charge in [0, 0.05) is 95.2 Å². The van der Waals surface area contributed by atoms with E-state index in [1.807, 2.05) is 24.3 Å². The molecular formula is C58H71BF8N4NaO13. The molecule has 4 aliphatic rings. The summed E-state index contributed by atoms with van der Waals surface area (Å²) in [5, 5.41) is 3.51. The number of nitrogens with one attached hydrogen (secondary N) is 1. The number of ketones is 1. The Bertz CT molecular complexity index is 2670. The Kier molecular flexibility index (Phi) is 32.5. The molecule has 4 unspecified atom stereocenters. The van der Waals surface area contributed by atoms with Crippen LogP contribution in [0.2, 0.25) is 0 Å². The zero-order chi connectivity index (χ0) is 62.3. The number of nitrogens with zero attached hydrogens (tertiary/aromatic N) is 2. The molecule has 4 aromatic rings. The summed E-state index contributed by atoms with van der Waals surface area (Å²) in [4.78, 5) is 67.9. The van der Waals surface area contributed by atoms with Crippen molar-refractivity contribution in [2.24, 2.45) is 0 Å². The van der Waals surface area contributed by atoms with E-state index in [9.17, 15) is 59.1 Å². The molecule has 4 aliphatic heterocycles. The van der Waals surface area contributed by atoms with Gasteiger partial charge in [-0.2, -0.15) is 24.5 Å². The molecule has 4 saturated heterocycles. The van der Waals surface area contributed by atoms with E-state index in [2.05, 4.69) is 32.3 Å². The molecule has 0 amide bonds. The second-order valence-corrected chi connectivity index (χ2v) is 19.9. The summed E-state index contributed by atoms with van der Waals surface area (Å²) in [7, 11) is 6.01. The van der Waals surface area contributed by atoms with E-state index in [-0.39, 0.29) is 78.4 Å². The number of nitrogens with two attached hydrogens (primary N) is 1. The van der Waals surface area contributed by atoms with Crippen LogP contribution in [-0.2, 0) is 51.2 Å². The van der Waals surface area contributed by atoms with Crippen molar-refractivity contribution >= 4 is 55.0 Å². The molecule has 0 spiro atoms. The normalized spacial score (nSPS) is 18.6. The maximum Gasteiger partial charge on any atom is 1.00 e. The zero-order valence-electron chi connectivity index (χ0n) is 48.6. The molecule has 4 bridgehead atoms. The minimum absolute atomic E-state index is 0. The monoisotopic (exact) mass is 1220 g/mol. The van der Waals surface area contributed by atoms with Gasteiger partial charge in [0.1, 0.15) is 17.3 Å². The first-order chi connectivity index (χ1) is 39.0. The van der Waals surface area contributed by atoms with Crippen molar-refractivity contribution in [3.63, 3.8) is 0 Å². The van der Waals surface area contributed by atoms with Crippen LogP contribution < -0.4 is 50.1 Å². The van der Waals surface area contributed by atoms with Crippen LogP contribution >= 0.6 is 0 Å². The summed E-state index contributed by atoms with van der Waals surface area (Å²) >= 11 is 0. The number of benzene rings is 4. The predicted octanol–water partition coefficient (Wildman–Crippen LogP) is 6.75. The Hall–Kier alpha value is -6.32. The molecule has 4 atom stereocenters. The number of hydrogen-bond donors (Lipinski definition) is 2. The fourth-order valence-electron chi connectivity index (χ4n) is 9.37. The summed E-state index contributed by atoms with van der Waals surface area (Å²) in [6, 6.07) is 29.1. The molecule has 4 heterocycles. The molecule has 0 aliphatic carbocycles. The smallest absolute Gasteiger partial charge is 1.00 e. The quantitative estimate of drug-likeness (QED) is 0.0224. The third-order valence-electron chi connectivity index (χ3n) is 13.6. The number of rotatable bonds is 16. The van der Waals surface area contributed by atoms with E-state index in [0.717, 1.165) is 62.9 Å². The molecule has 4 aromatic carbocycles. The van der Waals surface area contributed by atoms with E-state index >= 15 is 0 Å². The minimum Gasteiger partial charge on any atom is 1.00 e. The number of fused-ring (bicyclic) bond motifs is 4. The van der Waals surface area contributed by atoms with Crippen molar-refractivity contribution in [2.75, 3.05) is 38.5 Å². The average molecular weight is 1220 g/mol. The Balaban J connectivity index is 0.000000614. The first-order valence-electron chi connectivity index (χ1n) is 26.1. The molecule has 461 valence electrons. The number of Topliss-reactive ketones (excluding diaryl/α,β-unsaturated/α-hetero) is 1. The fraction of sp³-hybridized carbons (Fsp3) is 0.483. The number of carbonyl (C=O) groups is 5. The van der Waals surface area contributed by atoms with Gasteiger partial charge in [-0.1, -0.05) is 24.3 Å². The maximum absolute atomic E-state index is 13.4. The van der Waals surface area contributed by atoms with Crippen LogP contribution in [0.5, 0.6) is 11.5 Å². The summed E-state index contributed by atoms with van der Waals surface area (Å²) in [6.07, 6.45) is 9.40. The van der Waals surface area contributed by atoms with E-state index in [1.165, 1.54) is 83.2 Å². The predicted molar refractivity (Wildman–Crippen MR) is 294 cm³/mol. The number of carbonyl (C=O) groups excluding carboxylic acids is 6. The average Bonchev–Trinajstić information content (AvgIpc) is 4.11. The van der Waals surface area contributed by atoms with Gasteiger partial charge in [0.05, 0.1) is 25.3 Å².